The van der Waals surface area contributed by atoms with Crippen LogP contribution in [0.15, 0.2) is 42.5 Å². The molecule has 2 rings (SSSR count). The molecule has 0 fully saturated rings. The van der Waals surface area contributed by atoms with Crippen LogP contribution in [-0.2, 0) is 9.47 Å². The number of hydrogen-bond acceptors (Lipinski definition) is 7. The number of carbonyl (C=O) groups excluding carboxylic acids is 2. The SMILES string of the molecule is CN[C@H](CNC(=O)c1cc(OCF)cc([C@H](OCCNC(=O)OC)c2cccc(Cl)c2)c1)C[C@H](C)CCCO. The molecule has 2 aromatic carbocycles. The van der Waals surface area contributed by atoms with Crippen LogP contribution in [0.3, 0.4) is 0 Å². The van der Waals surface area contributed by atoms with E-state index in [1.807, 2.05) is 13.1 Å². The second-order valence-corrected chi connectivity index (χ2v) is 9.61. The highest BCUT2D eigenvalue weighted by Crippen LogP contribution is 2.31. The van der Waals surface area contributed by atoms with E-state index in [1.54, 1.807) is 30.3 Å². The summed E-state index contributed by atoms with van der Waals surface area (Å²) in [6.07, 6.45) is 1.20. The first kappa shape index (κ1) is 32.3. The standard InChI is InChI=1S/C28H39ClFN3O6/c1-19(6-5-10-34)12-24(31-2)17-33-27(35)22-13-21(15-25(16-22)39-18-30)26(20-7-4-8-23(29)14-20)38-11-9-32-28(36)37-3/h4,7-8,13-16,19,24,26,31,34H,5-6,9-12,17-18H2,1-3H3,(H,32,36)(H,33,35)/t19-,24+,26-/m1/s1. The van der Waals surface area contributed by atoms with Crippen LogP contribution < -0.4 is 20.7 Å². The molecule has 0 aliphatic rings. The van der Waals surface area contributed by atoms with Crippen LogP contribution in [0.5, 0.6) is 5.75 Å². The summed E-state index contributed by atoms with van der Waals surface area (Å²) >= 11 is 6.22. The van der Waals surface area contributed by atoms with Gasteiger partial charge in [-0.15, -0.1) is 0 Å². The van der Waals surface area contributed by atoms with E-state index in [1.165, 1.54) is 13.2 Å². The number of hydrogen-bond donors (Lipinski definition) is 4. The van der Waals surface area contributed by atoms with Gasteiger partial charge in [0.15, 0.2) is 0 Å². The number of alkyl carbamates (subject to hydrolysis) is 1. The molecule has 0 saturated carbocycles. The minimum absolute atomic E-state index is 0.0391. The van der Waals surface area contributed by atoms with Crippen molar-refractivity contribution in [3.05, 3.63) is 64.2 Å². The molecule has 4 N–H and O–H groups in total. The minimum Gasteiger partial charge on any atom is -0.463 e. The number of amides is 2. The smallest absolute Gasteiger partial charge is 0.406 e. The Morgan fingerprint density at radius 1 is 1.13 bits per heavy atom. The Morgan fingerprint density at radius 2 is 1.92 bits per heavy atom. The Morgan fingerprint density at radius 3 is 2.59 bits per heavy atom. The van der Waals surface area contributed by atoms with Gasteiger partial charge in [0.1, 0.15) is 11.9 Å². The van der Waals surface area contributed by atoms with Gasteiger partial charge in [0.05, 0.1) is 13.7 Å². The van der Waals surface area contributed by atoms with E-state index in [-0.39, 0.29) is 43.0 Å². The number of aliphatic hydroxyl groups excluding tert-OH is 1. The van der Waals surface area contributed by atoms with E-state index < -0.39 is 19.1 Å². The molecule has 216 valence electrons. The fraction of sp³-hybridized carbons (Fsp3) is 0.500. The molecule has 0 heterocycles. The molecule has 2 amide bonds. The Kier molecular flexibility index (Phi) is 14.6. The third kappa shape index (κ3) is 11.4. The molecule has 0 aliphatic heterocycles. The van der Waals surface area contributed by atoms with Crippen molar-refractivity contribution in [1.29, 1.82) is 0 Å². The molecule has 0 aliphatic carbocycles. The van der Waals surface area contributed by atoms with E-state index in [2.05, 4.69) is 27.6 Å². The number of aliphatic hydroxyl groups is 1. The van der Waals surface area contributed by atoms with Crippen molar-refractivity contribution in [2.75, 3.05) is 47.3 Å². The third-order valence-electron chi connectivity index (χ3n) is 6.17. The van der Waals surface area contributed by atoms with Gasteiger partial charge in [-0.1, -0.05) is 30.7 Å². The van der Waals surface area contributed by atoms with Crippen molar-refractivity contribution in [3.63, 3.8) is 0 Å². The molecule has 0 radical (unpaired) electrons. The maximum atomic E-state index is 13.2. The number of alkyl halides is 1. The summed E-state index contributed by atoms with van der Waals surface area (Å²) in [6.45, 7) is 1.90. The molecule has 3 atom stereocenters. The number of halogens is 2. The third-order valence-corrected chi connectivity index (χ3v) is 6.40. The minimum atomic E-state index is -1.07. The first-order valence-corrected chi connectivity index (χ1v) is 13.3. The van der Waals surface area contributed by atoms with Crippen LogP contribution in [0.4, 0.5) is 9.18 Å². The monoisotopic (exact) mass is 567 g/mol. The molecule has 9 nitrogen and oxygen atoms in total. The summed E-state index contributed by atoms with van der Waals surface area (Å²) in [7, 11) is 3.11. The Labute approximate surface area is 234 Å². The van der Waals surface area contributed by atoms with Crippen LogP contribution in [0.25, 0.3) is 0 Å². The summed E-state index contributed by atoms with van der Waals surface area (Å²) in [5.74, 6) is 0.205. The number of ether oxygens (including phenoxy) is 3. The average Bonchev–Trinajstić information content (AvgIpc) is 2.93. The molecule has 0 aromatic heterocycles. The maximum absolute atomic E-state index is 13.2. The van der Waals surface area contributed by atoms with Crippen molar-refractivity contribution < 1.29 is 33.3 Å². The van der Waals surface area contributed by atoms with Crippen molar-refractivity contribution in [2.24, 2.45) is 5.92 Å². The quantitative estimate of drug-likeness (QED) is 0.211. The van der Waals surface area contributed by atoms with E-state index in [4.69, 9.17) is 26.2 Å². The Hall–Kier alpha value is -2.92. The van der Waals surface area contributed by atoms with Crippen LogP contribution in [0.2, 0.25) is 5.02 Å². The van der Waals surface area contributed by atoms with Gasteiger partial charge < -0.3 is 35.3 Å². The predicted octanol–water partition coefficient (Wildman–Crippen LogP) is 4.22. The molecular formula is C28H39ClFN3O6. The number of rotatable bonds is 17. The molecule has 0 unspecified atom stereocenters. The van der Waals surface area contributed by atoms with E-state index in [0.29, 0.717) is 28.6 Å². The van der Waals surface area contributed by atoms with Crippen LogP contribution in [0.1, 0.15) is 53.8 Å². The van der Waals surface area contributed by atoms with Crippen LogP contribution in [-0.4, -0.2) is 70.5 Å². The zero-order valence-corrected chi connectivity index (χ0v) is 23.4. The summed E-state index contributed by atoms with van der Waals surface area (Å²) in [5.41, 5.74) is 1.54. The number of carbonyl (C=O) groups is 2. The lowest BCUT2D eigenvalue weighted by molar-refractivity contribution is 0.0800. The van der Waals surface area contributed by atoms with Gasteiger partial charge in [-0.05, 0) is 73.7 Å². The summed E-state index contributed by atoms with van der Waals surface area (Å²) < 4.78 is 28.9. The van der Waals surface area contributed by atoms with Gasteiger partial charge >= 0.3 is 6.09 Å². The molecule has 0 bridgehead atoms. The lowest BCUT2D eigenvalue weighted by Crippen LogP contribution is -2.40. The van der Waals surface area contributed by atoms with Crippen molar-refractivity contribution in [1.82, 2.24) is 16.0 Å². The largest absolute Gasteiger partial charge is 0.463 e. The number of likely N-dealkylation sites (N-methyl/N-ethyl adjacent to an activating group) is 1. The van der Waals surface area contributed by atoms with E-state index >= 15 is 0 Å². The van der Waals surface area contributed by atoms with E-state index in [9.17, 15) is 14.0 Å². The molecule has 39 heavy (non-hydrogen) atoms. The summed E-state index contributed by atoms with van der Waals surface area (Å²) in [4.78, 5) is 24.6. The zero-order valence-electron chi connectivity index (χ0n) is 22.7. The fourth-order valence-corrected chi connectivity index (χ4v) is 4.37. The number of nitrogens with one attached hydrogen (secondary N) is 3. The molecule has 0 saturated heterocycles. The van der Waals surface area contributed by atoms with Crippen LogP contribution >= 0.6 is 11.6 Å². The van der Waals surface area contributed by atoms with Crippen molar-refractivity contribution >= 4 is 23.6 Å². The highest BCUT2D eigenvalue weighted by molar-refractivity contribution is 6.30. The van der Waals surface area contributed by atoms with Gasteiger partial charge in [-0.25, -0.2) is 9.18 Å². The van der Waals surface area contributed by atoms with Crippen molar-refractivity contribution in [2.45, 2.75) is 38.3 Å². The Balaban J connectivity index is 2.26. The van der Waals surface area contributed by atoms with Gasteiger partial charge in [0.2, 0.25) is 6.86 Å². The topological polar surface area (TPSA) is 118 Å². The first-order chi connectivity index (χ1) is 18.8. The number of methoxy groups -OCH3 is 1. The lowest BCUT2D eigenvalue weighted by Gasteiger charge is -2.22. The normalized spacial score (nSPS) is 13.3. The maximum Gasteiger partial charge on any atom is 0.406 e. The van der Waals surface area contributed by atoms with Gasteiger partial charge in [0.25, 0.3) is 5.91 Å². The highest BCUT2D eigenvalue weighted by Gasteiger charge is 2.20. The number of benzene rings is 2. The summed E-state index contributed by atoms with van der Waals surface area (Å²) in [6, 6.07) is 11.8. The second kappa shape index (κ2) is 17.6. The lowest BCUT2D eigenvalue weighted by atomic mass is 9.96. The molecular weight excluding hydrogens is 529 g/mol. The predicted molar refractivity (Wildman–Crippen MR) is 148 cm³/mol. The molecule has 2 aromatic rings. The first-order valence-electron chi connectivity index (χ1n) is 12.9. The van der Waals surface area contributed by atoms with Crippen molar-refractivity contribution in [3.8, 4) is 5.75 Å². The molecule has 0 spiro atoms. The average molecular weight is 568 g/mol. The van der Waals surface area contributed by atoms with Crippen LogP contribution in [0, 0.1) is 5.92 Å². The van der Waals surface area contributed by atoms with Gasteiger partial charge in [-0.2, -0.15) is 0 Å². The fourth-order valence-electron chi connectivity index (χ4n) is 4.17. The summed E-state index contributed by atoms with van der Waals surface area (Å²) in [5, 5.41) is 18.3. The second-order valence-electron chi connectivity index (χ2n) is 9.17. The van der Waals surface area contributed by atoms with E-state index in [0.717, 1.165) is 19.3 Å². The van der Waals surface area contributed by atoms with Gasteiger partial charge in [-0.3, -0.25) is 4.79 Å². The van der Waals surface area contributed by atoms with Gasteiger partial charge in [0, 0.05) is 36.3 Å². The Bertz CT molecular complexity index is 1040. The highest BCUT2D eigenvalue weighted by atomic mass is 35.5. The zero-order chi connectivity index (χ0) is 28.6. The molecule has 11 heteroatoms.